The summed E-state index contributed by atoms with van der Waals surface area (Å²) in [6.45, 7) is 0. The van der Waals surface area contributed by atoms with Crippen LogP contribution in [0.3, 0.4) is 0 Å². The highest BCUT2D eigenvalue weighted by molar-refractivity contribution is 7.99. The number of benzene rings is 2. The van der Waals surface area contributed by atoms with Crippen LogP contribution in [0.1, 0.15) is 5.56 Å². The van der Waals surface area contributed by atoms with Gasteiger partial charge in [0.25, 0.3) is 5.69 Å². The zero-order valence-electron chi connectivity index (χ0n) is 11.8. The van der Waals surface area contributed by atoms with E-state index < -0.39 is 4.92 Å². The van der Waals surface area contributed by atoms with E-state index in [2.05, 4.69) is 10.5 Å². The van der Waals surface area contributed by atoms with E-state index in [0.29, 0.717) is 10.7 Å². The van der Waals surface area contributed by atoms with E-state index in [1.165, 1.54) is 12.1 Å². The Balaban J connectivity index is 2.16. The first-order valence-electron chi connectivity index (χ1n) is 6.42. The molecular weight excluding hydrogens is 322 g/mol. The summed E-state index contributed by atoms with van der Waals surface area (Å²) >= 11 is 7.55. The lowest BCUT2D eigenvalue weighted by Crippen LogP contribution is -2.07. The Labute approximate surface area is 137 Å². The van der Waals surface area contributed by atoms with E-state index in [-0.39, 0.29) is 5.69 Å². The second-order valence-electron chi connectivity index (χ2n) is 4.41. The number of nitrogens with one attached hydrogen (secondary N) is 1. The predicted molar refractivity (Wildman–Crippen MR) is 93.1 cm³/mol. The molecule has 2 rings (SSSR count). The van der Waals surface area contributed by atoms with E-state index >= 15 is 0 Å². The third-order valence-corrected chi connectivity index (χ3v) is 3.67. The molecule has 1 N–H and O–H groups in total. The maximum absolute atomic E-state index is 10.6. The van der Waals surface area contributed by atoms with Crippen molar-refractivity contribution in [3.05, 3.63) is 69.2 Å². The Bertz CT molecular complexity index is 672. The van der Waals surface area contributed by atoms with Crippen LogP contribution < -0.4 is 5.43 Å². The third kappa shape index (κ3) is 4.47. The van der Waals surface area contributed by atoms with E-state index in [0.717, 1.165) is 17.0 Å². The molecule has 7 heteroatoms. The van der Waals surface area contributed by atoms with Crippen molar-refractivity contribution in [3.63, 3.8) is 0 Å². The standard InChI is InChI=1S/C15H14ClN3O2S/c1-22-10-15(11-2-4-12(16)5-3-11)18-17-13-6-8-14(9-7-13)19(20)21/h2-9,17H,10H2,1H3. The van der Waals surface area contributed by atoms with Gasteiger partial charge < -0.3 is 0 Å². The largest absolute Gasteiger partial charge is 0.278 e. The van der Waals surface area contributed by atoms with Crippen LogP contribution in [0.15, 0.2) is 53.6 Å². The van der Waals surface area contributed by atoms with Gasteiger partial charge in [-0.25, -0.2) is 0 Å². The third-order valence-electron chi connectivity index (χ3n) is 2.86. The van der Waals surface area contributed by atoms with Crippen molar-refractivity contribution in [1.82, 2.24) is 0 Å². The minimum atomic E-state index is -0.431. The van der Waals surface area contributed by atoms with Crippen LogP contribution in [-0.2, 0) is 0 Å². The Morgan fingerprint density at radius 3 is 2.41 bits per heavy atom. The molecule has 2 aromatic rings. The first kappa shape index (κ1) is 16.3. The lowest BCUT2D eigenvalue weighted by molar-refractivity contribution is -0.384. The summed E-state index contributed by atoms with van der Waals surface area (Å²) in [5, 5.41) is 15.7. The molecule has 0 aliphatic carbocycles. The number of anilines is 1. The van der Waals surface area contributed by atoms with Gasteiger partial charge in [-0.3, -0.25) is 15.5 Å². The molecular formula is C15H14ClN3O2S. The lowest BCUT2D eigenvalue weighted by Gasteiger charge is -2.07. The highest BCUT2D eigenvalue weighted by Crippen LogP contribution is 2.16. The summed E-state index contributed by atoms with van der Waals surface area (Å²) < 4.78 is 0. The molecule has 0 aromatic heterocycles. The van der Waals surface area contributed by atoms with E-state index in [1.54, 1.807) is 23.9 Å². The molecule has 2 aromatic carbocycles. The maximum atomic E-state index is 10.6. The lowest BCUT2D eigenvalue weighted by atomic mass is 10.1. The Morgan fingerprint density at radius 1 is 1.23 bits per heavy atom. The van der Waals surface area contributed by atoms with Crippen LogP contribution in [0.5, 0.6) is 0 Å². The second kappa shape index (κ2) is 7.82. The number of non-ortho nitro benzene ring substituents is 1. The predicted octanol–water partition coefficient (Wildman–Crippen LogP) is 4.43. The molecule has 0 unspecified atom stereocenters. The summed E-state index contributed by atoms with van der Waals surface area (Å²) in [5.74, 6) is 0.738. The molecule has 0 bridgehead atoms. The first-order valence-corrected chi connectivity index (χ1v) is 8.19. The number of rotatable bonds is 6. The summed E-state index contributed by atoms with van der Waals surface area (Å²) in [6, 6.07) is 13.6. The number of hydrazone groups is 1. The van der Waals surface area contributed by atoms with Crippen molar-refractivity contribution >= 4 is 40.4 Å². The number of nitro groups is 1. The topological polar surface area (TPSA) is 67.5 Å². The van der Waals surface area contributed by atoms with E-state index in [9.17, 15) is 10.1 Å². The SMILES string of the molecule is CSCC(=NNc1ccc([N+](=O)[O-])cc1)c1ccc(Cl)cc1. The van der Waals surface area contributed by atoms with Crippen molar-refractivity contribution in [3.8, 4) is 0 Å². The van der Waals surface area contributed by atoms with Crippen LogP contribution >= 0.6 is 23.4 Å². The fourth-order valence-electron chi connectivity index (χ4n) is 1.75. The van der Waals surface area contributed by atoms with Crippen molar-refractivity contribution in [2.75, 3.05) is 17.4 Å². The van der Waals surface area contributed by atoms with Crippen LogP contribution in [0.2, 0.25) is 5.02 Å². The average molecular weight is 336 g/mol. The molecule has 0 amide bonds. The zero-order chi connectivity index (χ0) is 15.9. The molecule has 5 nitrogen and oxygen atoms in total. The number of hydrogen-bond acceptors (Lipinski definition) is 5. The average Bonchev–Trinajstić information content (AvgIpc) is 2.53. The number of halogens is 1. The molecule has 22 heavy (non-hydrogen) atoms. The number of nitrogens with zero attached hydrogens (tertiary/aromatic N) is 2. The van der Waals surface area contributed by atoms with Gasteiger partial charge in [-0.05, 0) is 36.1 Å². The molecule has 0 saturated heterocycles. The maximum Gasteiger partial charge on any atom is 0.269 e. The van der Waals surface area contributed by atoms with Crippen molar-refractivity contribution in [2.24, 2.45) is 5.10 Å². The van der Waals surface area contributed by atoms with Crippen LogP contribution in [0.4, 0.5) is 11.4 Å². The Morgan fingerprint density at radius 2 is 1.86 bits per heavy atom. The highest BCUT2D eigenvalue weighted by atomic mass is 35.5. The zero-order valence-corrected chi connectivity index (χ0v) is 13.4. The highest BCUT2D eigenvalue weighted by Gasteiger charge is 2.05. The van der Waals surface area contributed by atoms with Gasteiger partial charge in [0.05, 0.1) is 16.3 Å². The molecule has 0 heterocycles. The molecule has 0 spiro atoms. The van der Waals surface area contributed by atoms with Gasteiger partial charge in [0.1, 0.15) is 0 Å². The van der Waals surface area contributed by atoms with Gasteiger partial charge in [-0.15, -0.1) is 0 Å². The van der Waals surface area contributed by atoms with Gasteiger partial charge in [0.2, 0.25) is 0 Å². The summed E-state index contributed by atoms with van der Waals surface area (Å²) in [6.07, 6.45) is 2.00. The summed E-state index contributed by atoms with van der Waals surface area (Å²) in [4.78, 5) is 10.2. The van der Waals surface area contributed by atoms with E-state index in [4.69, 9.17) is 11.6 Å². The molecule has 0 aliphatic heterocycles. The smallest absolute Gasteiger partial charge is 0.269 e. The van der Waals surface area contributed by atoms with Gasteiger partial charge in [-0.2, -0.15) is 16.9 Å². The Kier molecular flexibility index (Phi) is 5.80. The molecule has 0 saturated carbocycles. The number of thioether (sulfide) groups is 1. The first-order chi connectivity index (χ1) is 10.6. The fraction of sp³-hybridized carbons (Fsp3) is 0.133. The summed E-state index contributed by atoms with van der Waals surface area (Å²) in [5.41, 5.74) is 5.53. The Hall–Kier alpha value is -2.05. The quantitative estimate of drug-likeness (QED) is 0.482. The molecule has 0 radical (unpaired) electrons. The van der Waals surface area contributed by atoms with E-state index in [1.807, 2.05) is 30.5 Å². The fourth-order valence-corrected chi connectivity index (χ4v) is 2.38. The molecule has 0 fully saturated rings. The van der Waals surface area contributed by atoms with Crippen molar-refractivity contribution < 1.29 is 4.92 Å². The minimum absolute atomic E-state index is 0.0524. The van der Waals surface area contributed by atoms with Crippen LogP contribution in [-0.4, -0.2) is 22.6 Å². The second-order valence-corrected chi connectivity index (χ2v) is 5.72. The normalized spacial score (nSPS) is 11.3. The molecule has 0 atom stereocenters. The number of nitro benzene ring substituents is 1. The summed E-state index contributed by atoms with van der Waals surface area (Å²) in [7, 11) is 0. The van der Waals surface area contributed by atoms with Crippen LogP contribution in [0, 0.1) is 10.1 Å². The van der Waals surface area contributed by atoms with Gasteiger partial charge in [-0.1, -0.05) is 23.7 Å². The molecule has 0 aliphatic rings. The van der Waals surface area contributed by atoms with Gasteiger partial charge in [0.15, 0.2) is 0 Å². The number of hydrogen-bond donors (Lipinski definition) is 1. The van der Waals surface area contributed by atoms with Gasteiger partial charge >= 0.3 is 0 Å². The van der Waals surface area contributed by atoms with Gasteiger partial charge in [0, 0.05) is 22.9 Å². The van der Waals surface area contributed by atoms with Crippen molar-refractivity contribution in [2.45, 2.75) is 0 Å². The van der Waals surface area contributed by atoms with Crippen LogP contribution in [0.25, 0.3) is 0 Å². The monoisotopic (exact) mass is 335 g/mol. The minimum Gasteiger partial charge on any atom is -0.278 e. The molecule has 114 valence electrons. The van der Waals surface area contributed by atoms with Crippen molar-refractivity contribution in [1.29, 1.82) is 0 Å².